The van der Waals surface area contributed by atoms with Crippen molar-refractivity contribution in [1.29, 1.82) is 0 Å². The maximum Gasteiger partial charge on any atom is 0.0594 e. The van der Waals surface area contributed by atoms with E-state index in [1.807, 2.05) is 14.0 Å². The smallest absolute Gasteiger partial charge is 0.0594 e. The van der Waals surface area contributed by atoms with E-state index in [2.05, 4.69) is 46.3 Å². The summed E-state index contributed by atoms with van der Waals surface area (Å²) in [5, 5.41) is 2.88. The number of rotatable bonds is 1. The zero-order chi connectivity index (χ0) is 8.53. The molecule has 0 saturated carbocycles. The quantitative estimate of drug-likeness (QED) is 0.550. The highest BCUT2D eigenvalue weighted by molar-refractivity contribution is 4.95. The van der Waals surface area contributed by atoms with E-state index in [0.29, 0.717) is 0 Å². The minimum absolute atomic E-state index is 0.891. The lowest BCUT2D eigenvalue weighted by Crippen LogP contribution is -1.98. The molecule has 0 spiro atoms. The first-order chi connectivity index (χ1) is 5.31. The molecule has 0 amide bonds. The summed E-state index contributed by atoms with van der Waals surface area (Å²) in [5.41, 5.74) is 16.3. The standard InChI is InChI=1S/C10H9N/c1-4-5-6-7-8-9-10(2)11-3/h11H,1H2,2-3H3. The molecule has 0 saturated heterocycles. The summed E-state index contributed by atoms with van der Waals surface area (Å²) in [6, 6.07) is 0. The Bertz CT molecular complexity index is 338. The molecule has 0 radical (unpaired) electrons. The van der Waals surface area contributed by atoms with Crippen molar-refractivity contribution in [3.8, 4) is 0 Å². The van der Waals surface area contributed by atoms with E-state index in [0.717, 1.165) is 5.70 Å². The van der Waals surface area contributed by atoms with E-state index < -0.39 is 0 Å². The monoisotopic (exact) mass is 143 g/mol. The molecule has 11 heavy (non-hydrogen) atoms. The van der Waals surface area contributed by atoms with Crippen LogP contribution in [0.4, 0.5) is 0 Å². The van der Waals surface area contributed by atoms with Crippen molar-refractivity contribution >= 4 is 0 Å². The van der Waals surface area contributed by atoms with Crippen molar-refractivity contribution in [2.45, 2.75) is 6.92 Å². The number of hydrogen-bond donors (Lipinski definition) is 1. The summed E-state index contributed by atoms with van der Waals surface area (Å²) >= 11 is 0. The van der Waals surface area contributed by atoms with Crippen LogP contribution in [-0.2, 0) is 0 Å². The van der Waals surface area contributed by atoms with Crippen molar-refractivity contribution in [2.24, 2.45) is 0 Å². The van der Waals surface area contributed by atoms with Gasteiger partial charge in [-0.1, -0.05) is 5.73 Å². The average molecular weight is 143 g/mol. The first kappa shape index (κ1) is 9.22. The topological polar surface area (TPSA) is 12.0 Å². The predicted octanol–water partition coefficient (Wildman–Crippen LogP) is 1.67. The Kier molecular flexibility index (Phi) is 5.32. The number of nitrogens with one attached hydrogen (secondary N) is 1. The largest absolute Gasteiger partial charge is 0.385 e. The SMILES string of the molecule is C=C=C=C=C=C=C=C(C)NC. The Hall–Kier alpha value is -1.78. The Morgan fingerprint density at radius 2 is 1.82 bits per heavy atom. The molecule has 54 valence electrons. The third-order valence-corrected chi connectivity index (χ3v) is 0.901. The van der Waals surface area contributed by atoms with Gasteiger partial charge in [-0.05, 0) is 42.2 Å². The highest BCUT2D eigenvalue weighted by atomic mass is 14.8. The van der Waals surface area contributed by atoms with E-state index in [1.54, 1.807) is 0 Å². The summed E-state index contributed by atoms with van der Waals surface area (Å²) in [7, 11) is 1.81. The van der Waals surface area contributed by atoms with E-state index >= 15 is 0 Å². The third-order valence-electron chi connectivity index (χ3n) is 0.901. The first-order valence-electron chi connectivity index (χ1n) is 3.10. The summed E-state index contributed by atoms with van der Waals surface area (Å²) < 4.78 is 0. The summed E-state index contributed by atoms with van der Waals surface area (Å²) in [4.78, 5) is 0. The van der Waals surface area contributed by atoms with Gasteiger partial charge >= 0.3 is 0 Å². The molecule has 0 atom stereocenters. The Morgan fingerprint density at radius 3 is 2.36 bits per heavy atom. The molecule has 1 N–H and O–H groups in total. The average Bonchev–Trinajstić information content (AvgIpc) is 2.04. The number of hydrogen-bond acceptors (Lipinski definition) is 1. The molecule has 0 bridgehead atoms. The van der Waals surface area contributed by atoms with Crippen LogP contribution >= 0.6 is 0 Å². The van der Waals surface area contributed by atoms with Gasteiger partial charge in [0.05, 0.1) is 5.70 Å². The van der Waals surface area contributed by atoms with Crippen molar-refractivity contribution in [3.63, 3.8) is 0 Å². The van der Waals surface area contributed by atoms with Crippen LogP contribution in [0.1, 0.15) is 6.92 Å². The molecule has 0 aromatic rings. The molecule has 0 aliphatic rings. The Balaban J connectivity index is 5.01. The van der Waals surface area contributed by atoms with Gasteiger partial charge in [0.1, 0.15) is 0 Å². The van der Waals surface area contributed by atoms with Crippen LogP contribution in [0.5, 0.6) is 0 Å². The van der Waals surface area contributed by atoms with Crippen LogP contribution in [-0.4, -0.2) is 7.05 Å². The Labute approximate surface area is 66.7 Å². The van der Waals surface area contributed by atoms with Gasteiger partial charge in [-0.25, -0.2) is 0 Å². The fourth-order valence-corrected chi connectivity index (χ4v) is 0.294. The van der Waals surface area contributed by atoms with E-state index in [9.17, 15) is 0 Å². The van der Waals surface area contributed by atoms with Gasteiger partial charge < -0.3 is 5.32 Å². The Morgan fingerprint density at radius 1 is 1.18 bits per heavy atom. The van der Waals surface area contributed by atoms with Crippen molar-refractivity contribution in [1.82, 2.24) is 5.32 Å². The van der Waals surface area contributed by atoms with Gasteiger partial charge in [0.15, 0.2) is 0 Å². The van der Waals surface area contributed by atoms with Crippen molar-refractivity contribution in [2.75, 3.05) is 7.05 Å². The maximum atomic E-state index is 3.31. The summed E-state index contributed by atoms with van der Waals surface area (Å²) in [5.74, 6) is 0. The second kappa shape index (κ2) is 6.34. The molecule has 0 rings (SSSR count). The van der Waals surface area contributed by atoms with Crippen molar-refractivity contribution < 1.29 is 0 Å². The molecule has 0 heterocycles. The van der Waals surface area contributed by atoms with Crippen LogP contribution in [0.2, 0.25) is 0 Å². The molecule has 1 nitrogen and oxygen atoms in total. The third kappa shape index (κ3) is 6.10. The number of allylic oxidation sites excluding steroid dienone is 1. The zero-order valence-corrected chi connectivity index (χ0v) is 6.71. The van der Waals surface area contributed by atoms with Crippen LogP contribution in [0.25, 0.3) is 0 Å². The molecular formula is C10H9N. The summed E-state index contributed by atoms with van der Waals surface area (Å²) in [6.07, 6.45) is 0. The molecule has 0 aliphatic carbocycles. The molecule has 0 aromatic carbocycles. The van der Waals surface area contributed by atoms with Gasteiger partial charge in [-0.2, -0.15) is 0 Å². The van der Waals surface area contributed by atoms with E-state index in [1.165, 1.54) is 0 Å². The van der Waals surface area contributed by atoms with Crippen LogP contribution < -0.4 is 5.32 Å². The lowest BCUT2D eigenvalue weighted by molar-refractivity contribution is 0.995. The molecule has 0 aliphatic heterocycles. The normalized spacial score (nSPS) is 5.27. The van der Waals surface area contributed by atoms with Crippen molar-refractivity contribution in [3.05, 3.63) is 46.7 Å². The van der Waals surface area contributed by atoms with Crippen LogP contribution in [0.15, 0.2) is 46.7 Å². The van der Waals surface area contributed by atoms with Gasteiger partial charge in [0, 0.05) is 7.05 Å². The molecule has 0 unspecified atom stereocenters. The fourth-order valence-electron chi connectivity index (χ4n) is 0.294. The second-order valence-corrected chi connectivity index (χ2v) is 1.68. The molecule has 0 fully saturated rings. The van der Waals surface area contributed by atoms with Gasteiger partial charge in [-0.15, -0.1) is 0 Å². The highest BCUT2D eigenvalue weighted by Gasteiger charge is 1.69. The summed E-state index contributed by atoms with van der Waals surface area (Å²) in [6.45, 7) is 5.18. The zero-order valence-electron chi connectivity index (χ0n) is 6.71. The molecule has 0 aromatic heterocycles. The lowest BCUT2D eigenvalue weighted by atomic mass is 10.5. The van der Waals surface area contributed by atoms with Crippen LogP contribution in [0.3, 0.4) is 0 Å². The fraction of sp³-hybridized carbons (Fsp3) is 0.200. The van der Waals surface area contributed by atoms with Gasteiger partial charge in [0.2, 0.25) is 0 Å². The second-order valence-electron chi connectivity index (χ2n) is 1.68. The predicted molar refractivity (Wildman–Crippen MR) is 45.0 cm³/mol. The minimum Gasteiger partial charge on any atom is -0.385 e. The molecular weight excluding hydrogens is 134 g/mol. The van der Waals surface area contributed by atoms with E-state index in [4.69, 9.17) is 0 Å². The molecule has 1 heteroatoms. The first-order valence-corrected chi connectivity index (χ1v) is 3.10. The van der Waals surface area contributed by atoms with E-state index in [-0.39, 0.29) is 0 Å². The minimum atomic E-state index is 0.891. The van der Waals surface area contributed by atoms with Gasteiger partial charge in [0.25, 0.3) is 0 Å². The lowest BCUT2D eigenvalue weighted by Gasteiger charge is -1.87. The van der Waals surface area contributed by atoms with Gasteiger partial charge in [-0.3, -0.25) is 0 Å². The maximum absolute atomic E-state index is 3.31. The van der Waals surface area contributed by atoms with Crippen LogP contribution in [0, 0.1) is 0 Å². The highest BCUT2D eigenvalue weighted by Crippen LogP contribution is 1.74.